The van der Waals surface area contributed by atoms with Crippen LogP contribution in [0.15, 0.2) is 47.1 Å². The number of nitrogens with one attached hydrogen (secondary N) is 1. The molecule has 0 spiro atoms. The lowest BCUT2D eigenvalue weighted by molar-refractivity contribution is -0.121. The van der Waals surface area contributed by atoms with Gasteiger partial charge >= 0.3 is 0 Å². The Labute approximate surface area is 116 Å². The summed E-state index contributed by atoms with van der Waals surface area (Å²) in [6, 6.07) is 10.8. The number of amides is 1. The number of hydrogen-bond acceptors (Lipinski definition) is 3. The molecule has 1 aromatic heterocycles. The van der Waals surface area contributed by atoms with Crippen molar-refractivity contribution in [2.24, 2.45) is 0 Å². The Bertz CT molecular complexity index is 525. The van der Waals surface area contributed by atoms with Crippen LogP contribution < -0.4 is 10.1 Å². The van der Waals surface area contributed by atoms with Crippen molar-refractivity contribution in [2.45, 2.75) is 13.0 Å². The normalized spacial score (nSPS) is 10.2. The maximum Gasteiger partial charge on any atom is 0.223 e. The second kappa shape index (κ2) is 6.85. The minimum absolute atomic E-state index is 0.0940. The molecule has 0 bridgehead atoms. The van der Waals surface area contributed by atoms with Crippen LogP contribution in [-0.4, -0.2) is 12.5 Å². The molecule has 100 valence electrons. The molecule has 0 saturated heterocycles. The summed E-state index contributed by atoms with van der Waals surface area (Å²) in [6.07, 6.45) is 1.84. The minimum atomic E-state index is -0.0940. The molecule has 0 radical (unpaired) electrons. The zero-order chi connectivity index (χ0) is 13.5. The van der Waals surface area contributed by atoms with E-state index in [0.717, 1.165) is 5.76 Å². The van der Waals surface area contributed by atoms with E-state index in [0.29, 0.717) is 17.3 Å². The first-order valence-corrected chi connectivity index (χ1v) is 6.30. The SMILES string of the molecule is O=C(CCOc1ccccc1Cl)NCc1ccco1. The van der Waals surface area contributed by atoms with Crippen LogP contribution in [0, 0.1) is 0 Å². The van der Waals surface area contributed by atoms with E-state index in [1.807, 2.05) is 12.1 Å². The van der Waals surface area contributed by atoms with Gasteiger partial charge in [-0.05, 0) is 24.3 Å². The van der Waals surface area contributed by atoms with Crippen LogP contribution in [0.2, 0.25) is 5.02 Å². The molecule has 2 aromatic rings. The molecule has 0 aliphatic heterocycles. The number of carbonyl (C=O) groups is 1. The Kier molecular flexibility index (Phi) is 4.86. The van der Waals surface area contributed by atoms with E-state index in [4.69, 9.17) is 20.8 Å². The second-order valence-corrected chi connectivity index (χ2v) is 4.29. The largest absolute Gasteiger partial charge is 0.491 e. The number of rotatable bonds is 6. The van der Waals surface area contributed by atoms with Gasteiger partial charge in [0.15, 0.2) is 0 Å². The predicted molar refractivity (Wildman–Crippen MR) is 72.1 cm³/mol. The fourth-order valence-electron chi connectivity index (χ4n) is 1.50. The molecular weight excluding hydrogens is 266 g/mol. The van der Waals surface area contributed by atoms with Crippen molar-refractivity contribution >= 4 is 17.5 Å². The predicted octanol–water partition coefficient (Wildman–Crippen LogP) is 3.02. The van der Waals surface area contributed by atoms with E-state index >= 15 is 0 Å². The van der Waals surface area contributed by atoms with Gasteiger partial charge in [0.1, 0.15) is 11.5 Å². The van der Waals surface area contributed by atoms with E-state index in [1.54, 1.807) is 30.5 Å². The Morgan fingerprint density at radius 3 is 2.84 bits per heavy atom. The van der Waals surface area contributed by atoms with Crippen LogP contribution in [0.25, 0.3) is 0 Å². The summed E-state index contributed by atoms with van der Waals surface area (Å²) in [4.78, 5) is 11.5. The van der Waals surface area contributed by atoms with Gasteiger partial charge in [-0.25, -0.2) is 0 Å². The number of carbonyl (C=O) groups excluding carboxylic acids is 1. The molecule has 0 atom stereocenters. The van der Waals surface area contributed by atoms with Crippen LogP contribution in [0.3, 0.4) is 0 Å². The molecule has 0 aliphatic carbocycles. The lowest BCUT2D eigenvalue weighted by Crippen LogP contribution is -2.24. The number of ether oxygens (including phenoxy) is 1. The molecule has 2 rings (SSSR count). The lowest BCUT2D eigenvalue weighted by atomic mass is 10.3. The molecule has 4 nitrogen and oxygen atoms in total. The zero-order valence-electron chi connectivity index (χ0n) is 10.3. The molecule has 1 N–H and O–H groups in total. The Morgan fingerprint density at radius 2 is 2.11 bits per heavy atom. The van der Waals surface area contributed by atoms with Gasteiger partial charge in [0, 0.05) is 0 Å². The zero-order valence-corrected chi connectivity index (χ0v) is 11.0. The molecule has 0 aliphatic rings. The first-order chi connectivity index (χ1) is 9.25. The average Bonchev–Trinajstić information content (AvgIpc) is 2.92. The maximum absolute atomic E-state index is 11.5. The van der Waals surface area contributed by atoms with Gasteiger partial charge in [0.25, 0.3) is 0 Å². The quantitative estimate of drug-likeness (QED) is 0.884. The van der Waals surface area contributed by atoms with Gasteiger partial charge < -0.3 is 14.5 Å². The highest BCUT2D eigenvalue weighted by Crippen LogP contribution is 2.22. The molecular formula is C14H14ClNO3. The number of furan rings is 1. The highest BCUT2D eigenvalue weighted by Gasteiger charge is 2.04. The summed E-state index contributed by atoms with van der Waals surface area (Å²) in [5.41, 5.74) is 0. The summed E-state index contributed by atoms with van der Waals surface area (Å²) in [5, 5.41) is 3.28. The summed E-state index contributed by atoms with van der Waals surface area (Å²) < 4.78 is 10.5. The molecule has 1 aromatic carbocycles. The van der Waals surface area contributed by atoms with Crippen molar-refractivity contribution in [3.63, 3.8) is 0 Å². The fourth-order valence-corrected chi connectivity index (χ4v) is 1.69. The smallest absolute Gasteiger partial charge is 0.223 e. The topological polar surface area (TPSA) is 51.5 Å². The van der Waals surface area contributed by atoms with Gasteiger partial charge in [-0.2, -0.15) is 0 Å². The fraction of sp³-hybridized carbons (Fsp3) is 0.214. The maximum atomic E-state index is 11.5. The van der Waals surface area contributed by atoms with Gasteiger partial charge in [-0.1, -0.05) is 23.7 Å². The first-order valence-electron chi connectivity index (χ1n) is 5.92. The molecule has 0 fully saturated rings. The number of para-hydroxylation sites is 1. The summed E-state index contributed by atoms with van der Waals surface area (Å²) in [6.45, 7) is 0.672. The van der Waals surface area contributed by atoms with Gasteiger partial charge in [-0.3, -0.25) is 4.79 Å². The van der Waals surface area contributed by atoms with Crippen LogP contribution in [0.4, 0.5) is 0 Å². The Hall–Kier alpha value is -1.94. The van der Waals surface area contributed by atoms with Crippen molar-refractivity contribution in [1.29, 1.82) is 0 Å². The van der Waals surface area contributed by atoms with E-state index in [-0.39, 0.29) is 18.9 Å². The van der Waals surface area contributed by atoms with Gasteiger partial charge in [-0.15, -0.1) is 0 Å². The molecule has 0 unspecified atom stereocenters. The number of halogens is 1. The average molecular weight is 280 g/mol. The van der Waals surface area contributed by atoms with E-state index in [2.05, 4.69) is 5.32 Å². The monoisotopic (exact) mass is 279 g/mol. The van der Waals surface area contributed by atoms with Crippen molar-refractivity contribution in [3.05, 3.63) is 53.4 Å². The Morgan fingerprint density at radius 1 is 1.26 bits per heavy atom. The van der Waals surface area contributed by atoms with Crippen LogP contribution in [0.5, 0.6) is 5.75 Å². The first kappa shape index (κ1) is 13.5. The van der Waals surface area contributed by atoms with E-state index in [9.17, 15) is 4.79 Å². The third-order valence-electron chi connectivity index (χ3n) is 2.46. The van der Waals surface area contributed by atoms with Crippen molar-refractivity contribution in [3.8, 4) is 5.75 Å². The number of benzene rings is 1. The minimum Gasteiger partial charge on any atom is -0.491 e. The highest BCUT2D eigenvalue weighted by atomic mass is 35.5. The summed E-state index contributed by atoms with van der Waals surface area (Å²) >= 11 is 5.93. The van der Waals surface area contributed by atoms with E-state index < -0.39 is 0 Å². The summed E-state index contributed by atoms with van der Waals surface area (Å²) in [5.74, 6) is 1.21. The van der Waals surface area contributed by atoms with Crippen molar-refractivity contribution < 1.29 is 13.9 Å². The van der Waals surface area contributed by atoms with Crippen LogP contribution >= 0.6 is 11.6 Å². The second-order valence-electron chi connectivity index (χ2n) is 3.88. The number of hydrogen-bond donors (Lipinski definition) is 1. The van der Waals surface area contributed by atoms with Crippen molar-refractivity contribution in [1.82, 2.24) is 5.32 Å². The lowest BCUT2D eigenvalue weighted by Gasteiger charge is -2.07. The highest BCUT2D eigenvalue weighted by molar-refractivity contribution is 6.32. The molecule has 1 amide bonds. The standard InChI is InChI=1S/C14H14ClNO3/c15-12-5-1-2-6-13(12)19-9-7-14(17)16-10-11-4-3-8-18-11/h1-6,8H,7,9-10H2,(H,16,17). The van der Waals surface area contributed by atoms with Gasteiger partial charge in [0.2, 0.25) is 5.91 Å². The Balaban J connectivity index is 1.68. The molecule has 5 heteroatoms. The molecule has 19 heavy (non-hydrogen) atoms. The summed E-state index contributed by atoms with van der Waals surface area (Å²) in [7, 11) is 0. The third kappa shape index (κ3) is 4.34. The van der Waals surface area contributed by atoms with Crippen LogP contribution in [-0.2, 0) is 11.3 Å². The van der Waals surface area contributed by atoms with E-state index in [1.165, 1.54) is 0 Å². The van der Waals surface area contributed by atoms with Crippen molar-refractivity contribution in [2.75, 3.05) is 6.61 Å². The third-order valence-corrected chi connectivity index (χ3v) is 2.78. The van der Waals surface area contributed by atoms with Gasteiger partial charge in [0.05, 0.1) is 30.9 Å². The molecule has 0 saturated carbocycles. The van der Waals surface area contributed by atoms with Crippen LogP contribution in [0.1, 0.15) is 12.2 Å². The molecule has 1 heterocycles.